The van der Waals surface area contributed by atoms with Crippen molar-refractivity contribution in [1.82, 2.24) is 5.32 Å². The van der Waals surface area contributed by atoms with Crippen LogP contribution in [0.3, 0.4) is 0 Å². The Morgan fingerprint density at radius 3 is 2.37 bits per heavy atom. The molecule has 1 heterocycles. The average molecular weight is 398 g/mol. The summed E-state index contributed by atoms with van der Waals surface area (Å²) in [7, 11) is 1.57. The minimum atomic E-state index is -0.452. The number of carbonyl (C=O) groups is 3. The van der Waals surface area contributed by atoms with E-state index in [1.54, 1.807) is 79.9 Å². The second-order valence-electron chi connectivity index (χ2n) is 6.69. The maximum Gasteiger partial charge on any atom is 0.258 e. The first-order valence-corrected chi connectivity index (χ1v) is 9.27. The molecule has 0 aliphatic carbocycles. The van der Waals surface area contributed by atoms with Gasteiger partial charge in [-0.3, -0.25) is 19.7 Å². The maximum atomic E-state index is 12.5. The Bertz CT molecular complexity index is 1180. The van der Waals surface area contributed by atoms with Gasteiger partial charge in [0.1, 0.15) is 5.75 Å². The standard InChI is InChI=1S/C24H18N2O4/c1-30-18-11-9-16(10-12-18)22(27)25-17-6-4-5-15(13-17)14-21-19-7-2-3-8-20(19)23(28)26-24(21)29/h2-14H,1H3,(H,25,27)(H,26,28,29)/b21-14+. The Kier molecular flexibility index (Phi) is 5.13. The molecule has 0 spiro atoms. The number of hydrogen-bond acceptors (Lipinski definition) is 4. The summed E-state index contributed by atoms with van der Waals surface area (Å²) in [4.78, 5) is 36.9. The molecular formula is C24H18N2O4. The molecule has 4 rings (SSSR count). The lowest BCUT2D eigenvalue weighted by Gasteiger charge is -2.18. The first-order chi connectivity index (χ1) is 14.5. The highest BCUT2D eigenvalue weighted by molar-refractivity contribution is 6.34. The third kappa shape index (κ3) is 3.84. The normalized spacial score (nSPS) is 14.1. The van der Waals surface area contributed by atoms with Crippen LogP contribution in [0.25, 0.3) is 11.6 Å². The van der Waals surface area contributed by atoms with E-state index in [-0.39, 0.29) is 5.91 Å². The van der Waals surface area contributed by atoms with Crippen molar-refractivity contribution in [2.75, 3.05) is 12.4 Å². The summed E-state index contributed by atoms with van der Waals surface area (Å²) in [6, 6.07) is 20.9. The fourth-order valence-electron chi connectivity index (χ4n) is 3.24. The monoisotopic (exact) mass is 398 g/mol. The summed E-state index contributed by atoms with van der Waals surface area (Å²) in [5.74, 6) is -0.446. The Hall–Kier alpha value is -4.19. The number of hydrogen-bond donors (Lipinski definition) is 2. The predicted molar refractivity (Wildman–Crippen MR) is 114 cm³/mol. The third-order valence-corrected chi connectivity index (χ3v) is 4.74. The molecule has 30 heavy (non-hydrogen) atoms. The molecule has 3 aromatic rings. The van der Waals surface area contributed by atoms with Crippen molar-refractivity contribution in [3.05, 3.63) is 95.1 Å². The van der Waals surface area contributed by atoms with E-state index in [4.69, 9.17) is 4.74 Å². The van der Waals surface area contributed by atoms with E-state index in [9.17, 15) is 14.4 Å². The van der Waals surface area contributed by atoms with Crippen LogP contribution in [-0.2, 0) is 4.79 Å². The number of ether oxygens (including phenoxy) is 1. The van der Waals surface area contributed by atoms with Gasteiger partial charge in [-0.2, -0.15) is 0 Å². The molecule has 0 saturated carbocycles. The van der Waals surface area contributed by atoms with Gasteiger partial charge in [-0.05, 0) is 59.7 Å². The average Bonchev–Trinajstić information content (AvgIpc) is 2.77. The molecule has 1 aliphatic rings. The van der Waals surface area contributed by atoms with Gasteiger partial charge in [0.2, 0.25) is 0 Å². The smallest absolute Gasteiger partial charge is 0.258 e. The van der Waals surface area contributed by atoms with Gasteiger partial charge in [-0.15, -0.1) is 0 Å². The zero-order valence-electron chi connectivity index (χ0n) is 16.1. The van der Waals surface area contributed by atoms with Crippen molar-refractivity contribution in [2.45, 2.75) is 0 Å². The highest BCUT2D eigenvalue weighted by Crippen LogP contribution is 2.26. The fraction of sp³-hybridized carbons (Fsp3) is 0.0417. The molecular weight excluding hydrogens is 380 g/mol. The van der Waals surface area contributed by atoms with Crippen molar-refractivity contribution in [2.24, 2.45) is 0 Å². The lowest BCUT2D eigenvalue weighted by Crippen LogP contribution is -2.36. The minimum absolute atomic E-state index is 0.256. The summed E-state index contributed by atoms with van der Waals surface area (Å²) >= 11 is 0. The molecule has 3 amide bonds. The van der Waals surface area contributed by atoms with Crippen LogP contribution in [0, 0.1) is 0 Å². The highest BCUT2D eigenvalue weighted by Gasteiger charge is 2.26. The van der Waals surface area contributed by atoms with E-state index in [0.29, 0.717) is 33.7 Å². The number of amides is 3. The molecule has 0 atom stereocenters. The van der Waals surface area contributed by atoms with Crippen molar-refractivity contribution in [1.29, 1.82) is 0 Å². The molecule has 0 fully saturated rings. The number of rotatable bonds is 4. The van der Waals surface area contributed by atoms with Crippen molar-refractivity contribution in [3.8, 4) is 5.75 Å². The SMILES string of the molecule is COc1ccc(C(=O)Nc2cccc(/C=C3/C(=O)NC(=O)c4ccccc43)c2)cc1. The Morgan fingerprint density at radius 2 is 1.63 bits per heavy atom. The van der Waals surface area contributed by atoms with Gasteiger partial charge in [0.25, 0.3) is 17.7 Å². The second kappa shape index (κ2) is 8.05. The molecule has 0 radical (unpaired) electrons. The van der Waals surface area contributed by atoms with Crippen molar-refractivity contribution < 1.29 is 19.1 Å². The summed E-state index contributed by atoms with van der Waals surface area (Å²) in [6.45, 7) is 0. The molecule has 0 aromatic heterocycles. The molecule has 1 aliphatic heterocycles. The van der Waals surface area contributed by atoms with Gasteiger partial charge in [-0.25, -0.2) is 0 Å². The third-order valence-electron chi connectivity index (χ3n) is 4.74. The Balaban J connectivity index is 1.60. The summed E-state index contributed by atoms with van der Waals surface area (Å²) < 4.78 is 5.10. The number of methoxy groups -OCH3 is 1. The van der Waals surface area contributed by atoms with Gasteiger partial charge >= 0.3 is 0 Å². The quantitative estimate of drug-likeness (QED) is 0.518. The summed E-state index contributed by atoms with van der Waals surface area (Å²) in [5, 5.41) is 5.20. The van der Waals surface area contributed by atoms with Crippen LogP contribution in [-0.4, -0.2) is 24.8 Å². The number of nitrogens with one attached hydrogen (secondary N) is 2. The van der Waals surface area contributed by atoms with Crippen LogP contribution in [0.5, 0.6) is 5.75 Å². The van der Waals surface area contributed by atoms with E-state index in [1.807, 2.05) is 6.07 Å². The molecule has 3 aromatic carbocycles. The Morgan fingerprint density at radius 1 is 0.900 bits per heavy atom. The molecule has 6 nitrogen and oxygen atoms in total. The maximum absolute atomic E-state index is 12.5. The lowest BCUT2D eigenvalue weighted by atomic mass is 9.93. The molecule has 0 unspecified atom stereocenters. The Labute approximate surface area is 173 Å². The van der Waals surface area contributed by atoms with Crippen LogP contribution in [0.1, 0.15) is 31.8 Å². The molecule has 148 valence electrons. The first kappa shape index (κ1) is 19.1. The van der Waals surface area contributed by atoms with Gasteiger partial charge in [0.15, 0.2) is 0 Å². The second-order valence-corrected chi connectivity index (χ2v) is 6.69. The number of imide groups is 1. The largest absolute Gasteiger partial charge is 0.497 e. The van der Waals surface area contributed by atoms with Gasteiger partial charge in [0, 0.05) is 22.4 Å². The van der Waals surface area contributed by atoms with Crippen molar-refractivity contribution >= 4 is 35.1 Å². The summed E-state index contributed by atoms with van der Waals surface area (Å²) in [5.41, 5.74) is 3.23. The predicted octanol–water partition coefficient (Wildman–Crippen LogP) is 3.76. The number of fused-ring (bicyclic) bond motifs is 1. The zero-order valence-corrected chi connectivity index (χ0v) is 16.1. The van der Waals surface area contributed by atoms with Gasteiger partial charge < -0.3 is 10.1 Å². The topological polar surface area (TPSA) is 84.5 Å². The van der Waals surface area contributed by atoms with Gasteiger partial charge in [0.05, 0.1) is 7.11 Å². The number of anilines is 1. The van der Waals surface area contributed by atoms with Gasteiger partial charge in [-0.1, -0.05) is 30.3 Å². The van der Waals surface area contributed by atoms with Crippen LogP contribution in [0.15, 0.2) is 72.8 Å². The summed E-state index contributed by atoms with van der Waals surface area (Å²) in [6.07, 6.45) is 1.70. The van der Waals surface area contributed by atoms with E-state index in [0.717, 1.165) is 5.56 Å². The number of benzene rings is 3. The fourth-order valence-corrected chi connectivity index (χ4v) is 3.24. The minimum Gasteiger partial charge on any atom is -0.497 e. The highest BCUT2D eigenvalue weighted by atomic mass is 16.5. The molecule has 0 bridgehead atoms. The first-order valence-electron chi connectivity index (χ1n) is 9.27. The van der Waals surface area contributed by atoms with Crippen LogP contribution >= 0.6 is 0 Å². The van der Waals surface area contributed by atoms with E-state index < -0.39 is 11.8 Å². The van der Waals surface area contributed by atoms with Crippen LogP contribution < -0.4 is 15.4 Å². The van der Waals surface area contributed by atoms with Crippen LogP contribution in [0.2, 0.25) is 0 Å². The van der Waals surface area contributed by atoms with E-state index in [1.165, 1.54) is 0 Å². The molecule has 0 saturated heterocycles. The van der Waals surface area contributed by atoms with E-state index >= 15 is 0 Å². The lowest BCUT2D eigenvalue weighted by molar-refractivity contribution is -0.114. The van der Waals surface area contributed by atoms with E-state index in [2.05, 4.69) is 10.6 Å². The van der Waals surface area contributed by atoms with Crippen LogP contribution in [0.4, 0.5) is 5.69 Å². The zero-order chi connectivity index (χ0) is 21.1. The number of carbonyl (C=O) groups excluding carboxylic acids is 3. The van der Waals surface area contributed by atoms with Crippen molar-refractivity contribution in [3.63, 3.8) is 0 Å². The molecule has 2 N–H and O–H groups in total. The molecule has 6 heteroatoms.